The zero-order valence-electron chi connectivity index (χ0n) is 12.4. The molecule has 0 spiro atoms. The molecule has 0 fully saturated rings. The fraction of sp³-hybridized carbons (Fsp3) is 0.533. The fourth-order valence-corrected chi connectivity index (χ4v) is 1.48. The van der Waals surface area contributed by atoms with Gasteiger partial charge in [-0.3, -0.25) is 4.79 Å². The van der Waals surface area contributed by atoms with Gasteiger partial charge in [-0.1, -0.05) is 26.8 Å². The van der Waals surface area contributed by atoms with Crippen LogP contribution in [-0.4, -0.2) is 26.2 Å². The number of amides is 1. The Bertz CT molecular complexity index is 436. The molecule has 1 rings (SSSR count). The van der Waals surface area contributed by atoms with Crippen molar-refractivity contribution in [3.8, 4) is 11.5 Å². The first-order chi connectivity index (χ1) is 8.84. The Morgan fingerprint density at radius 2 is 1.95 bits per heavy atom. The van der Waals surface area contributed by atoms with E-state index in [0.717, 1.165) is 5.56 Å². The van der Waals surface area contributed by atoms with Gasteiger partial charge in [-0.2, -0.15) is 0 Å². The van der Waals surface area contributed by atoms with Gasteiger partial charge < -0.3 is 14.8 Å². The third-order valence-electron chi connectivity index (χ3n) is 2.65. The molecule has 0 aromatic heterocycles. The molecule has 1 aromatic rings. The van der Waals surface area contributed by atoms with E-state index >= 15 is 0 Å². The summed E-state index contributed by atoms with van der Waals surface area (Å²) in [4.78, 5) is 11.7. The second-order valence-electron chi connectivity index (χ2n) is 5.51. The number of hydrogen-bond donors (Lipinski definition) is 1. The average Bonchev–Trinajstić information content (AvgIpc) is 2.34. The van der Waals surface area contributed by atoms with Gasteiger partial charge in [-0.05, 0) is 24.6 Å². The first-order valence-electron chi connectivity index (χ1n) is 6.40. The maximum Gasteiger partial charge on any atom is 0.225 e. The average molecular weight is 265 g/mol. The largest absolute Gasteiger partial charge is 0.493 e. The highest BCUT2D eigenvalue weighted by Crippen LogP contribution is 2.27. The Balaban J connectivity index is 2.44. The number of rotatable bonds is 5. The lowest BCUT2D eigenvalue weighted by Crippen LogP contribution is -2.37. The summed E-state index contributed by atoms with van der Waals surface area (Å²) in [6.45, 7) is 8.54. The Kier molecular flexibility index (Phi) is 5.21. The van der Waals surface area contributed by atoms with E-state index in [1.807, 2.05) is 45.9 Å². The van der Waals surface area contributed by atoms with E-state index in [4.69, 9.17) is 9.47 Å². The molecule has 0 heterocycles. The third-order valence-corrected chi connectivity index (χ3v) is 2.65. The van der Waals surface area contributed by atoms with Crippen molar-refractivity contribution in [1.82, 2.24) is 5.32 Å². The van der Waals surface area contributed by atoms with E-state index in [0.29, 0.717) is 24.7 Å². The number of benzene rings is 1. The van der Waals surface area contributed by atoms with E-state index in [2.05, 4.69) is 5.32 Å². The molecule has 0 saturated heterocycles. The molecule has 0 atom stereocenters. The van der Waals surface area contributed by atoms with Crippen molar-refractivity contribution in [2.75, 3.05) is 20.3 Å². The Hall–Kier alpha value is -1.71. The van der Waals surface area contributed by atoms with Crippen molar-refractivity contribution >= 4 is 5.91 Å². The fourth-order valence-electron chi connectivity index (χ4n) is 1.48. The lowest BCUT2D eigenvalue weighted by atomic mass is 9.96. The topological polar surface area (TPSA) is 47.6 Å². The molecular formula is C15H23NO3. The normalized spacial score (nSPS) is 11.0. The van der Waals surface area contributed by atoms with Crippen LogP contribution < -0.4 is 14.8 Å². The minimum atomic E-state index is -0.373. The number of hydrogen-bond acceptors (Lipinski definition) is 3. The van der Waals surface area contributed by atoms with Gasteiger partial charge in [-0.15, -0.1) is 0 Å². The molecule has 4 nitrogen and oxygen atoms in total. The van der Waals surface area contributed by atoms with Crippen LogP contribution in [0, 0.1) is 12.3 Å². The van der Waals surface area contributed by atoms with Gasteiger partial charge in [0.25, 0.3) is 0 Å². The molecule has 0 bridgehead atoms. The maximum absolute atomic E-state index is 11.7. The number of carbonyl (C=O) groups excluding carboxylic acids is 1. The molecule has 106 valence electrons. The Labute approximate surface area is 115 Å². The SMILES string of the molecule is COc1cc(C)ccc1OCCNC(=O)C(C)(C)C. The summed E-state index contributed by atoms with van der Waals surface area (Å²) in [6.07, 6.45) is 0. The zero-order valence-corrected chi connectivity index (χ0v) is 12.4. The Morgan fingerprint density at radius 3 is 2.53 bits per heavy atom. The molecule has 0 radical (unpaired) electrons. The summed E-state index contributed by atoms with van der Waals surface area (Å²) in [7, 11) is 1.61. The minimum Gasteiger partial charge on any atom is -0.493 e. The van der Waals surface area contributed by atoms with Gasteiger partial charge in [0.05, 0.1) is 13.7 Å². The van der Waals surface area contributed by atoms with Crippen LogP contribution >= 0.6 is 0 Å². The quantitative estimate of drug-likeness (QED) is 0.832. The minimum absolute atomic E-state index is 0.0203. The second-order valence-corrected chi connectivity index (χ2v) is 5.51. The number of aryl methyl sites for hydroxylation is 1. The predicted molar refractivity (Wildman–Crippen MR) is 75.7 cm³/mol. The zero-order chi connectivity index (χ0) is 14.5. The van der Waals surface area contributed by atoms with Gasteiger partial charge in [0.1, 0.15) is 6.61 Å². The molecular weight excluding hydrogens is 242 g/mol. The molecule has 19 heavy (non-hydrogen) atoms. The van der Waals surface area contributed by atoms with E-state index in [-0.39, 0.29) is 11.3 Å². The molecule has 0 unspecified atom stereocenters. The summed E-state index contributed by atoms with van der Waals surface area (Å²) in [6, 6.07) is 5.76. The number of ether oxygens (including phenoxy) is 2. The Morgan fingerprint density at radius 1 is 1.26 bits per heavy atom. The lowest BCUT2D eigenvalue weighted by Gasteiger charge is -2.18. The van der Waals surface area contributed by atoms with E-state index in [1.54, 1.807) is 7.11 Å². The molecule has 0 aliphatic carbocycles. The molecule has 1 amide bonds. The molecule has 1 aromatic carbocycles. The highest BCUT2D eigenvalue weighted by Gasteiger charge is 2.20. The number of carbonyl (C=O) groups is 1. The summed E-state index contributed by atoms with van der Waals surface area (Å²) in [5, 5.41) is 2.84. The molecule has 4 heteroatoms. The predicted octanol–water partition coefficient (Wildman–Crippen LogP) is 2.54. The number of nitrogens with one attached hydrogen (secondary N) is 1. The monoisotopic (exact) mass is 265 g/mol. The lowest BCUT2D eigenvalue weighted by molar-refractivity contribution is -0.128. The number of methoxy groups -OCH3 is 1. The van der Waals surface area contributed by atoms with Crippen molar-refractivity contribution in [1.29, 1.82) is 0 Å². The van der Waals surface area contributed by atoms with Gasteiger partial charge in [-0.25, -0.2) is 0 Å². The highest BCUT2D eigenvalue weighted by atomic mass is 16.5. The van der Waals surface area contributed by atoms with Crippen LogP contribution in [0.1, 0.15) is 26.3 Å². The molecule has 0 aliphatic rings. The van der Waals surface area contributed by atoms with Crippen LogP contribution in [0.2, 0.25) is 0 Å². The van der Waals surface area contributed by atoms with Crippen LogP contribution in [0.25, 0.3) is 0 Å². The van der Waals surface area contributed by atoms with Gasteiger partial charge in [0.15, 0.2) is 11.5 Å². The summed E-state index contributed by atoms with van der Waals surface area (Å²) < 4.78 is 10.9. The maximum atomic E-state index is 11.7. The molecule has 0 saturated carbocycles. The summed E-state index contributed by atoms with van der Waals surface area (Å²) in [5.74, 6) is 1.42. The van der Waals surface area contributed by atoms with Crippen LogP contribution in [-0.2, 0) is 4.79 Å². The van der Waals surface area contributed by atoms with Crippen molar-refractivity contribution in [2.45, 2.75) is 27.7 Å². The van der Waals surface area contributed by atoms with E-state index < -0.39 is 0 Å². The van der Waals surface area contributed by atoms with Crippen molar-refractivity contribution in [2.24, 2.45) is 5.41 Å². The first kappa shape index (κ1) is 15.3. The molecule has 0 aliphatic heterocycles. The van der Waals surface area contributed by atoms with Gasteiger partial charge in [0.2, 0.25) is 5.91 Å². The summed E-state index contributed by atoms with van der Waals surface area (Å²) >= 11 is 0. The molecule has 1 N–H and O–H groups in total. The first-order valence-corrected chi connectivity index (χ1v) is 6.40. The van der Waals surface area contributed by atoms with Crippen molar-refractivity contribution in [3.05, 3.63) is 23.8 Å². The van der Waals surface area contributed by atoms with Crippen LogP contribution in [0.3, 0.4) is 0 Å². The van der Waals surface area contributed by atoms with Crippen LogP contribution in [0.4, 0.5) is 0 Å². The van der Waals surface area contributed by atoms with Crippen molar-refractivity contribution < 1.29 is 14.3 Å². The van der Waals surface area contributed by atoms with Crippen LogP contribution in [0.15, 0.2) is 18.2 Å². The van der Waals surface area contributed by atoms with E-state index in [9.17, 15) is 4.79 Å². The van der Waals surface area contributed by atoms with E-state index in [1.165, 1.54) is 0 Å². The smallest absolute Gasteiger partial charge is 0.225 e. The third kappa shape index (κ3) is 4.81. The summed E-state index contributed by atoms with van der Waals surface area (Å²) in [5.41, 5.74) is 0.742. The van der Waals surface area contributed by atoms with Gasteiger partial charge in [0, 0.05) is 5.41 Å². The van der Waals surface area contributed by atoms with Crippen LogP contribution in [0.5, 0.6) is 11.5 Å². The standard InChI is InChI=1S/C15H23NO3/c1-11-6-7-12(13(10-11)18-5)19-9-8-16-14(17)15(2,3)4/h6-7,10H,8-9H2,1-5H3,(H,16,17). The van der Waals surface area contributed by atoms with Crippen molar-refractivity contribution in [3.63, 3.8) is 0 Å². The highest BCUT2D eigenvalue weighted by molar-refractivity contribution is 5.81. The second kappa shape index (κ2) is 6.45. The van der Waals surface area contributed by atoms with Gasteiger partial charge >= 0.3 is 0 Å².